The average molecular weight is 487 g/mol. The van der Waals surface area contributed by atoms with Crippen LogP contribution in [0.2, 0.25) is 0 Å². The third-order valence-corrected chi connectivity index (χ3v) is 13.2. The second-order valence-corrected chi connectivity index (χ2v) is 15.5. The fourth-order valence-corrected chi connectivity index (χ4v) is 11.3. The summed E-state index contributed by atoms with van der Waals surface area (Å²) in [6.07, 6.45) is 8.75. The van der Waals surface area contributed by atoms with Crippen molar-refractivity contribution in [1.29, 1.82) is 0 Å². The maximum absolute atomic E-state index is 14.6. The molecule has 0 bridgehead atoms. The first-order valence-electron chi connectivity index (χ1n) is 14.4. The highest BCUT2D eigenvalue weighted by atomic mass is 16.5. The lowest BCUT2D eigenvalue weighted by Gasteiger charge is -2.66. The van der Waals surface area contributed by atoms with Gasteiger partial charge < -0.3 is 9.84 Å². The summed E-state index contributed by atoms with van der Waals surface area (Å²) in [5.41, 5.74) is -1.64. The Morgan fingerprint density at radius 3 is 2.14 bits per heavy atom. The van der Waals surface area contributed by atoms with E-state index in [1.54, 1.807) is 7.11 Å². The molecular formula is C31H50O4. The molecule has 5 aliphatic rings. The third kappa shape index (κ3) is 3.30. The van der Waals surface area contributed by atoms with Gasteiger partial charge in [-0.05, 0) is 91.8 Å². The molecule has 0 aliphatic heterocycles. The van der Waals surface area contributed by atoms with Crippen molar-refractivity contribution in [1.82, 2.24) is 0 Å². The van der Waals surface area contributed by atoms with E-state index in [0.29, 0.717) is 29.8 Å². The highest BCUT2D eigenvalue weighted by Crippen LogP contribution is 2.70. The van der Waals surface area contributed by atoms with Crippen molar-refractivity contribution in [2.75, 3.05) is 7.11 Å². The van der Waals surface area contributed by atoms with Gasteiger partial charge in [-0.25, -0.2) is 0 Å². The van der Waals surface area contributed by atoms with Gasteiger partial charge in [0.05, 0.1) is 11.7 Å². The predicted octanol–water partition coefficient (Wildman–Crippen LogP) is 6.38. The summed E-state index contributed by atoms with van der Waals surface area (Å²) in [7, 11) is 1.81. The molecule has 0 aromatic rings. The summed E-state index contributed by atoms with van der Waals surface area (Å²) in [5.74, 6) is 1.40. The van der Waals surface area contributed by atoms with Crippen LogP contribution < -0.4 is 0 Å². The number of ether oxygens (including phenoxy) is 1. The van der Waals surface area contributed by atoms with Gasteiger partial charge in [-0.2, -0.15) is 0 Å². The molecule has 5 saturated carbocycles. The van der Waals surface area contributed by atoms with Crippen LogP contribution in [-0.2, 0) is 14.3 Å². The smallest absolute Gasteiger partial charge is 0.145 e. The number of carbonyl (C=O) groups excluding carboxylic acids is 2. The number of rotatable bonds is 1. The zero-order valence-corrected chi connectivity index (χ0v) is 23.6. The molecule has 0 amide bonds. The minimum absolute atomic E-state index is 0.0221. The van der Waals surface area contributed by atoms with E-state index in [4.69, 9.17) is 4.74 Å². The van der Waals surface area contributed by atoms with Crippen LogP contribution in [0.4, 0.5) is 0 Å². The van der Waals surface area contributed by atoms with Gasteiger partial charge in [-0.1, -0.05) is 48.5 Å². The number of carbonyl (C=O) groups is 2. The van der Waals surface area contributed by atoms with Crippen molar-refractivity contribution in [3.8, 4) is 0 Å². The maximum atomic E-state index is 14.6. The lowest BCUT2D eigenvalue weighted by Crippen LogP contribution is -2.64. The Hall–Kier alpha value is -0.740. The number of aliphatic hydroxyl groups is 1. The maximum Gasteiger partial charge on any atom is 0.145 e. The standard InChI is InChI=1S/C31H50O4/c1-26(2)20-9-13-28(5)18-31(34)16-10-21-27(3,4)24(35-8)12-15-30(21,7)25(33)19(31)17-22(28)29(20,6)14-11-23(26)32/h19-22,24,34H,9-18H2,1-8H3/t19-,20-,21-,22-,24-,28-,29-,30-,31-/m0/s1. The highest BCUT2D eigenvalue weighted by Gasteiger charge is 2.68. The first kappa shape index (κ1) is 25.9. The largest absolute Gasteiger partial charge is 0.389 e. The molecule has 198 valence electrons. The Kier molecular flexibility index (Phi) is 5.66. The normalized spacial score (nSPS) is 53.0. The first-order valence-corrected chi connectivity index (χ1v) is 14.4. The molecule has 1 N–H and O–H groups in total. The van der Waals surface area contributed by atoms with Gasteiger partial charge in [0.2, 0.25) is 0 Å². The fraction of sp³-hybridized carbons (Fsp3) is 0.935. The van der Waals surface area contributed by atoms with Gasteiger partial charge in [0.25, 0.3) is 0 Å². The summed E-state index contributed by atoms with van der Waals surface area (Å²) in [4.78, 5) is 27.5. The highest BCUT2D eigenvalue weighted by molar-refractivity contribution is 5.89. The fourth-order valence-electron chi connectivity index (χ4n) is 11.3. The number of hydrogen-bond acceptors (Lipinski definition) is 4. The summed E-state index contributed by atoms with van der Waals surface area (Å²) < 4.78 is 5.91. The van der Waals surface area contributed by atoms with Crippen molar-refractivity contribution in [2.45, 2.75) is 124 Å². The zero-order chi connectivity index (χ0) is 25.8. The minimum Gasteiger partial charge on any atom is -0.389 e. The predicted molar refractivity (Wildman–Crippen MR) is 138 cm³/mol. The Morgan fingerprint density at radius 1 is 0.829 bits per heavy atom. The van der Waals surface area contributed by atoms with Gasteiger partial charge in [0.1, 0.15) is 11.6 Å². The van der Waals surface area contributed by atoms with Gasteiger partial charge >= 0.3 is 0 Å². The van der Waals surface area contributed by atoms with Crippen LogP contribution in [0, 0.1) is 50.7 Å². The monoisotopic (exact) mass is 486 g/mol. The molecule has 5 aliphatic carbocycles. The number of methoxy groups -OCH3 is 1. The molecule has 0 spiro atoms. The SMILES string of the molecule is CO[C@H]1CC[C@]2(C)C(=O)[C@@H]3C[C@H]4[C@@](C)(CC[C@H]5C(C)(C)C(=O)CC[C@@]54C)C[C@@]3(O)CC[C@H]2C1(C)C. The van der Waals surface area contributed by atoms with Crippen molar-refractivity contribution in [3.63, 3.8) is 0 Å². The van der Waals surface area contributed by atoms with Crippen LogP contribution in [0.3, 0.4) is 0 Å². The molecule has 35 heavy (non-hydrogen) atoms. The van der Waals surface area contributed by atoms with E-state index < -0.39 is 11.0 Å². The average Bonchev–Trinajstić information content (AvgIpc) is 2.82. The van der Waals surface area contributed by atoms with Crippen molar-refractivity contribution >= 4 is 11.6 Å². The molecule has 5 rings (SSSR count). The molecule has 4 heteroatoms. The molecule has 0 heterocycles. The summed E-state index contributed by atoms with van der Waals surface area (Å²) >= 11 is 0. The number of ketones is 2. The van der Waals surface area contributed by atoms with Gasteiger partial charge in [0, 0.05) is 30.3 Å². The molecule has 0 unspecified atom stereocenters. The van der Waals surface area contributed by atoms with Crippen molar-refractivity contribution in [3.05, 3.63) is 0 Å². The Balaban J connectivity index is 1.54. The van der Waals surface area contributed by atoms with Crippen LogP contribution in [0.25, 0.3) is 0 Å². The zero-order valence-electron chi connectivity index (χ0n) is 23.6. The van der Waals surface area contributed by atoms with E-state index >= 15 is 0 Å². The lowest BCUT2D eigenvalue weighted by molar-refractivity contribution is -0.203. The number of fused-ring (bicyclic) bond motifs is 5. The topological polar surface area (TPSA) is 63.6 Å². The van der Waals surface area contributed by atoms with Crippen LogP contribution in [0.15, 0.2) is 0 Å². The van der Waals surface area contributed by atoms with Crippen LogP contribution in [-0.4, -0.2) is 35.5 Å². The Morgan fingerprint density at radius 2 is 1.49 bits per heavy atom. The van der Waals surface area contributed by atoms with E-state index in [9.17, 15) is 14.7 Å². The quantitative estimate of drug-likeness (QED) is 0.467. The van der Waals surface area contributed by atoms with Crippen molar-refractivity contribution < 1.29 is 19.4 Å². The number of Topliss-reactive ketones (excluding diaryl/α,β-unsaturated/α-hetero) is 2. The summed E-state index contributed by atoms with van der Waals surface area (Å²) in [5, 5.41) is 12.3. The molecule has 0 radical (unpaired) electrons. The lowest BCUT2D eigenvalue weighted by atomic mass is 9.38. The molecular weight excluding hydrogens is 436 g/mol. The van der Waals surface area contributed by atoms with Crippen LogP contribution in [0.5, 0.6) is 0 Å². The van der Waals surface area contributed by atoms with E-state index in [1.165, 1.54) is 0 Å². The molecule has 9 atom stereocenters. The summed E-state index contributed by atoms with van der Waals surface area (Å²) in [6, 6.07) is 0. The van der Waals surface area contributed by atoms with Crippen molar-refractivity contribution in [2.24, 2.45) is 50.7 Å². The van der Waals surface area contributed by atoms with Gasteiger partial charge in [0.15, 0.2) is 0 Å². The van der Waals surface area contributed by atoms with Gasteiger partial charge in [-0.3, -0.25) is 9.59 Å². The Bertz CT molecular complexity index is 921. The molecule has 0 aromatic heterocycles. The molecule has 5 fully saturated rings. The van der Waals surface area contributed by atoms with Crippen LogP contribution in [0.1, 0.15) is 113 Å². The second-order valence-electron chi connectivity index (χ2n) is 15.5. The minimum atomic E-state index is -0.912. The molecule has 0 aromatic carbocycles. The van der Waals surface area contributed by atoms with Gasteiger partial charge in [-0.15, -0.1) is 0 Å². The van der Waals surface area contributed by atoms with E-state index in [-0.39, 0.29) is 39.6 Å². The molecule has 0 saturated heterocycles. The van der Waals surface area contributed by atoms with Crippen LogP contribution >= 0.6 is 0 Å². The number of hydrogen-bond donors (Lipinski definition) is 1. The third-order valence-electron chi connectivity index (χ3n) is 13.2. The second kappa shape index (κ2) is 7.65. The van der Waals surface area contributed by atoms with E-state index in [2.05, 4.69) is 48.5 Å². The Labute approximate surface area is 213 Å². The first-order chi connectivity index (χ1) is 16.1. The van der Waals surface area contributed by atoms with E-state index in [1.807, 2.05) is 0 Å². The van der Waals surface area contributed by atoms with E-state index in [0.717, 1.165) is 57.8 Å². The summed E-state index contributed by atoms with van der Waals surface area (Å²) in [6.45, 7) is 15.9. The molecule has 4 nitrogen and oxygen atoms in total.